The average molecular weight is 512 g/mol. The van der Waals surface area contributed by atoms with Gasteiger partial charge in [-0.2, -0.15) is 8.99 Å². The van der Waals surface area contributed by atoms with E-state index in [1.54, 1.807) is 33.6 Å². The summed E-state index contributed by atoms with van der Waals surface area (Å²) in [6.07, 6.45) is 0.657. The lowest BCUT2D eigenvalue weighted by Gasteiger charge is -2.16. The van der Waals surface area contributed by atoms with Crippen LogP contribution in [0.3, 0.4) is 0 Å². The molecular weight excluding hydrogens is 486 g/mol. The second kappa shape index (κ2) is 9.10. The minimum Gasteiger partial charge on any atom is -0.283 e. The van der Waals surface area contributed by atoms with E-state index in [0.717, 1.165) is 11.3 Å². The van der Waals surface area contributed by atoms with Gasteiger partial charge in [0.2, 0.25) is 15.2 Å². The first-order valence-electron chi connectivity index (χ1n) is 11.1. The van der Waals surface area contributed by atoms with Gasteiger partial charge in [0.25, 0.3) is 5.56 Å². The standard InChI is InChI=1S/C23H25N7O3S2/c1-16-9-11-20(12-10-16)35(32,33)28-14-13-19(15-28)34-23-24-25-26-29(23)21-17(2)27(3)30(22(21)31)18-7-5-4-6-8-18/h4-12,19H,13-15H2,1-3H3. The maximum absolute atomic E-state index is 13.4. The van der Waals surface area contributed by atoms with Crippen molar-refractivity contribution in [3.05, 3.63) is 76.2 Å². The maximum Gasteiger partial charge on any atom is 0.297 e. The first kappa shape index (κ1) is 23.5. The number of aromatic nitrogens is 6. The van der Waals surface area contributed by atoms with Crippen LogP contribution in [-0.4, -0.2) is 60.6 Å². The summed E-state index contributed by atoms with van der Waals surface area (Å²) >= 11 is 1.39. The van der Waals surface area contributed by atoms with Crippen LogP contribution in [0.1, 0.15) is 17.7 Å². The van der Waals surface area contributed by atoms with Crippen molar-refractivity contribution in [3.8, 4) is 11.4 Å². The van der Waals surface area contributed by atoms with E-state index in [1.807, 2.05) is 51.2 Å². The number of sulfonamides is 1. The smallest absolute Gasteiger partial charge is 0.283 e. The normalized spacial score (nSPS) is 16.7. The Balaban J connectivity index is 1.40. The highest BCUT2D eigenvalue weighted by Gasteiger charge is 2.34. The van der Waals surface area contributed by atoms with Crippen molar-refractivity contribution in [2.75, 3.05) is 13.1 Å². The molecule has 5 rings (SSSR count). The summed E-state index contributed by atoms with van der Waals surface area (Å²) in [6, 6.07) is 16.2. The number of aryl methyl sites for hydroxylation is 1. The lowest BCUT2D eigenvalue weighted by Crippen LogP contribution is -2.29. The van der Waals surface area contributed by atoms with Gasteiger partial charge in [-0.15, -0.1) is 5.10 Å². The first-order valence-corrected chi connectivity index (χ1v) is 13.5. The monoisotopic (exact) mass is 511 g/mol. The van der Waals surface area contributed by atoms with Gasteiger partial charge in [0.1, 0.15) is 0 Å². The highest BCUT2D eigenvalue weighted by molar-refractivity contribution is 7.99. The van der Waals surface area contributed by atoms with Crippen LogP contribution in [0.5, 0.6) is 0 Å². The molecule has 1 unspecified atom stereocenters. The second-order valence-corrected chi connectivity index (χ2v) is 11.7. The molecule has 10 nitrogen and oxygen atoms in total. The van der Waals surface area contributed by atoms with Gasteiger partial charge in [0.15, 0.2) is 5.69 Å². The van der Waals surface area contributed by atoms with Crippen molar-refractivity contribution in [3.63, 3.8) is 0 Å². The molecule has 3 heterocycles. The number of para-hydroxylation sites is 1. The van der Waals surface area contributed by atoms with Gasteiger partial charge in [-0.1, -0.05) is 47.7 Å². The lowest BCUT2D eigenvalue weighted by molar-refractivity contribution is 0.478. The Kier molecular flexibility index (Phi) is 6.11. The average Bonchev–Trinajstić information content (AvgIpc) is 3.55. The molecular formula is C23H25N7O3S2. The van der Waals surface area contributed by atoms with Crippen molar-refractivity contribution in [2.24, 2.45) is 7.05 Å². The van der Waals surface area contributed by atoms with Crippen LogP contribution in [0.4, 0.5) is 0 Å². The van der Waals surface area contributed by atoms with Crippen molar-refractivity contribution < 1.29 is 8.42 Å². The molecule has 2 aromatic heterocycles. The third-order valence-corrected chi connectivity index (χ3v) is 9.28. The van der Waals surface area contributed by atoms with Crippen molar-refractivity contribution in [1.29, 1.82) is 0 Å². The number of hydrogen-bond donors (Lipinski definition) is 0. The van der Waals surface area contributed by atoms with Gasteiger partial charge in [-0.25, -0.2) is 13.1 Å². The minimum absolute atomic E-state index is 0.0414. The molecule has 1 aliphatic rings. The van der Waals surface area contributed by atoms with Crippen LogP contribution in [0.15, 0.2) is 69.4 Å². The van der Waals surface area contributed by atoms with Crippen LogP contribution in [-0.2, 0) is 17.1 Å². The fourth-order valence-corrected chi connectivity index (χ4v) is 6.89. The van der Waals surface area contributed by atoms with Crippen molar-refractivity contribution in [1.82, 2.24) is 33.9 Å². The number of rotatable bonds is 6. The van der Waals surface area contributed by atoms with E-state index in [1.165, 1.54) is 20.7 Å². The highest BCUT2D eigenvalue weighted by Crippen LogP contribution is 2.32. The van der Waals surface area contributed by atoms with E-state index in [-0.39, 0.29) is 10.8 Å². The summed E-state index contributed by atoms with van der Waals surface area (Å²) in [5.41, 5.74) is 2.59. The molecule has 0 saturated carbocycles. The fraction of sp³-hybridized carbons (Fsp3) is 0.304. The van der Waals surface area contributed by atoms with Gasteiger partial charge in [-0.05, 0) is 55.0 Å². The van der Waals surface area contributed by atoms with Crippen LogP contribution in [0.2, 0.25) is 0 Å². The molecule has 0 radical (unpaired) electrons. The van der Waals surface area contributed by atoms with Gasteiger partial charge in [0, 0.05) is 25.4 Å². The molecule has 0 N–H and O–H groups in total. The highest BCUT2D eigenvalue weighted by atomic mass is 32.2. The molecule has 0 amide bonds. The molecule has 4 aromatic rings. The molecule has 0 aliphatic carbocycles. The number of thioether (sulfide) groups is 1. The Morgan fingerprint density at radius 1 is 1.03 bits per heavy atom. The molecule has 1 fully saturated rings. The van der Waals surface area contributed by atoms with Crippen molar-refractivity contribution >= 4 is 21.8 Å². The van der Waals surface area contributed by atoms with Crippen LogP contribution in [0, 0.1) is 13.8 Å². The molecule has 1 saturated heterocycles. The third kappa shape index (κ3) is 4.21. The Morgan fingerprint density at radius 2 is 1.74 bits per heavy atom. The zero-order valence-electron chi connectivity index (χ0n) is 19.6. The summed E-state index contributed by atoms with van der Waals surface area (Å²) in [4.78, 5) is 13.7. The van der Waals surface area contributed by atoms with E-state index >= 15 is 0 Å². The molecule has 12 heteroatoms. The van der Waals surface area contributed by atoms with Gasteiger partial charge >= 0.3 is 0 Å². The fourth-order valence-electron chi connectivity index (χ4n) is 4.21. The zero-order valence-corrected chi connectivity index (χ0v) is 21.2. The quantitative estimate of drug-likeness (QED) is 0.391. The van der Waals surface area contributed by atoms with Crippen LogP contribution < -0.4 is 5.56 Å². The summed E-state index contributed by atoms with van der Waals surface area (Å²) in [6.45, 7) is 4.53. The van der Waals surface area contributed by atoms with E-state index in [2.05, 4.69) is 15.5 Å². The topological polar surface area (TPSA) is 108 Å². The summed E-state index contributed by atoms with van der Waals surface area (Å²) in [5.74, 6) is 0. The lowest BCUT2D eigenvalue weighted by atomic mass is 10.2. The number of benzene rings is 2. The molecule has 1 atom stereocenters. The largest absolute Gasteiger partial charge is 0.297 e. The number of nitrogens with zero attached hydrogens (tertiary/aromatic N) is 7. The first-order chi connectivity index (χ1) is 16.8. The molecule has 182 valence electrons. The van der Waals surface area contributed by atoms with Gasteiger partial charge < -0.3 is 0 Å². The van der Waals surface area contributed by atoms with Gasteiger partial charge in [0.05, 0.1) is 16.3 Å². The van der Waals surface area contributed by atoms with Gasteiger partial charge in [-0.3, -0.25) is 9.48 Å². The third-order valence-electron chi connectivity index (χ3n) is 6.22. The Morgan fingerprint density at radius 3 is 2.46 bits per heavy atom. The van der Waals surface area contributed by atoms with E-state index in [4.69, 9.17) is 0 Å². The van der Waals surface area contributed by atoms with Crippen molar-refractivity contribution in [2.45, 2.75) is 35.6 Å². The second-order valence-electron chi connectivity index (χ2n) is 8.49. The zero-order chi connectivity index (χ0) is 24.7. The van der Waals surface area contributed by atoms with E-state index in [0.29, 0.717) is 40.9 Å². The predicted octanol–water partition coefficient (Wildman–Crippen LogP) is 2.32. The van der Waals surface area contributed by atoms with Crippen LogP contribution in [0.25, 0.3) is 11.4 Å². The maximum atomic E-state index is 13.4. The molecule has 0 bridgehead atoms. The molecule has 0 spiro atoms. The molecule has 2 aromatic carbocycles. The van der Waals surface area contributed by atoms with Crippen LogP contribution >= 0.6 is 11.8 Å². The SMILES string of the molecule is Cc1ccc(S(=O)(=O)N2CCC(Sc3nnnn3-c3c(C)n(C)n(-c4ccccc4)c3=O)C2)cc1. The summed E-state index contributed by atoms with van der Waals surface area (Å²) in [7, 11) is -1.76. The van der Waals surface area contributed by atoms with E-state index < -0.39 is 10.0 Å². The van der Waals surface area contributed by atoms with E-state index in [9.17, 15) is 13.2 Å². The Hall–Kier alpha value is -3.22. The minimum atomic E-state index is -3.57. The molecule has 35 heavy (non-hydrogen) atoms. The number of tetrazole rings is 1. The summed E-state index contributed by atoms with van der Waals surface area (Å²) in [5, 5.41) is 12.5. The summed E-state index contributed by atoms with van der Waals surface area (Å²) < 4.78 is 32.4. The Bertz CT molecular complexity index is 1520. The Labute approximate surface area is 207 Å². The predicted molar refractivity (Wildman–Crippen MR) is 133 cm³/mol. The number of hydrogen-bond acceptors (Lipinski definition) is 7. The molecule has 1 aliphatic heterocycles.